The number of halogens is 2. The summed E-state index contributed by atoms with van der Waals surface area (Å²) in [6.45, 7) is 0.133. The highest BCUT2D eigenvalue weighted by Crippen LogP contribution is 2.21. The van der Waals surface area contributed by atoms with Crippen LogP contribution in [0.4, 0.5) is 8.78 Å². The number of nitrogens with zero attached hydrogens (tertiary/aromatic N) is 1. The monoisotopic (exact) mass is 302 g/mol. The fourth-order valence-corrected chi connectivity index (χ4v) is 2.47. The second kappa shape index (κ2) is 5.26. The molecule has 2 nitrogen and oxygen atoms in total. The second-order valence-electron chi connectivity index (χ2n) is 4.78. The predicted molar refractivity (Wildman–Crippen MR) is 83.3 cm³/mol. The first-order valence-corrected chi connectivity index (χ1v) is 6.78. The molecule has 2 aromatic carbocycles. The molecule has 3 aromatic rings. The van der Waals surface area contributed by atoms with Crippen LogP contribution in [0.1, 0.15) is 11.1 Å². The van der Waals surface area contributed by atoms with Gasteiger partial charge in [-0.1, -0.05) is 18.3 Å². The molecule has 0 radical (unpaired) electrons. The van der Waals surface area contributed by atoms with Crippen LogP contribution in [0.3, 0.4) is 0 Å². The number of thiocarbonyl (C=S) groups is 1. The summed E-state index contributed by atoms with van der Waals surface area (Å²) in [5.74, 6) is -1.09. The number of rotatable bonds is 3. The average Bonchev–Trinajstić information content (AvgIpc) is 2.85. The molecule has 3 rings (SSSR count). The number of nitrogens with two attached hydrogens (primary N) is 1. The number of benzene rings is 2. The van der Waals surface area contributed by atoms with E-state index >= 15 is 0 Å². The highest BCUT2D eigenvalue weighted by atomic mass is 32.1. The smallest absolute Gasteiger partial charge is 0.131 e. The fraction of sp³-hybridized carbons (Fsp3) is 0.0625. The van der Waals surface area contributed by atoms with E-state index in [0.29, 0.717) is 4.99 Å². The topological polar surface area (TPSA) is 30.9 Å². The summed E-state index contributed by atoms with van der Waals surface area (Å²) in [5, 5.41) is 0.928. The van der Waals surface area contributed by atoms with Crippen LogP contribution in [0.2, 0.25) is 0 Å². The Bertz CT molecular complexity index is 819. The van der Waals surface area contributed by atoms with Gasteiger partial charge in [0.25, 0.3) is 0 Å². The number of hydrogen-bond donors (Lipinski definition) is 1. The van der Waals surface area contributed by atoms with Crippen molar-refractivity contribution in [3.8, 4) is 0 Å². The van der Waals surface area contributed by atoms with Crippen molar-refractivity contribution in [1.82, 2.24) is 4.57 Å². The molecule has 0 atom stereocenters. The van der Waals surface area contributed by atoms with E-state index in [0.717, 1.165) is 16.5 Å². The minimum absolute atomic E-state index is 0.0495. The molecule has 106 valence electrons. The number of hydrogen-bond acceptors (Lipinski definition) is 1. The van der Waals surface area contributed by atoms with Crippen LogP contribution in [0.5, 0.6) is 0 Å². The van der Waals surface area contributed by atoms with Crippen molar-refractivity contribution >= 4 is 28.1 Å². The molecule has 2 N–H and O–H groups in total. The van der Waals surface area contributed by atoms with Gasteiger partial charge in [-0.25, -0.2) is 8.78 Å². The first-order valence-electron chi connectivity index (χ1n) is 6.38. The number of aromatic nitrogens is 1. The Morgan fingerprint density at radius 1 is 1.10 bits per heavy atom. The third kappa shape index (κ3) is 2.52. The van der Waals surface area contributed by atoms with Gasteiger partial charge in [-0.2, -0.15) is 0 Å². The molecule has 0 aliphatic heterocycles. The summed E-state index contributed by atoms with van der Waals surface area (Å²) >= 11 is 4.94. The fourth-order valence-electron chi connectivity index (χ4n) is 2.35. The highest BCUT2D eigenvalue weighted by molar-refractivity contribution is 7.80. The summed E-state index contributed by atoms with van der Waals surface area (Å²) < 4.78 is 29.2. The minimum Gasteiger partial charge on any atom is -0.389 e. The quantitative estimate of drug-likeness (QED) is 0.749. The lowest BCUT2D eigenvalue weighted by molar-refractivity contribution is 0.547. The van der Waals surface area contributed by atoms with E-state index < -0.39 is 11.6 Å². The molecule has 1 heterocycles. The Morgan fingerprint density at radius 2 is 1.81 bits per heavy atom. The van der Waals surface area contributed by atoms with Gasteiger partial charge in [0.15, 0.2) is 0 Å². The normalized spacial score (nSPS) is 11.0. The maximum atomic E-state index is 13.7. The van der Waals surface area contributed by atoms with Crippen molar-refractivity contribution in [2.45, 2.75) is 6.54 Å². The molecule has 0 spiro atoms. The van der Waals surface area contributed by atoms with Gasteiger partial charge in [0.2, 0.25) is 0 Å². The maximum absolute atomic E-state index is 13.7. The zero-order chi connectivity index (χ0) is 15.0. The van der Waals surface area contributed by atoms with Crippen LogP contribution in [-0.4, -0.2) is 9.56 Å². The molecular formula is C16H12F2N2S. The van der Waals surface area contributed by atoms with E-state index in [1.165, 1.54) is 18.2 Å². The summed E-state index contributed by atoms with van der Waals surface area (Å²) in [6.07, 6.45) is 1.79. The lowest BCUT2D eigenvalue weighted by atomic mass is 10.1. The van der Waals surface area contributed by atoms with Crippen molar-refractivity contribution in [3.63, 3.8) is 0 Å². The van der Waals surface area contributed by atoms with E-state index in [-0.39, 0.29) is 12.1 Å². The van der Waals surface area contributed by atoms with Crippen molar-refractivity contribution in [3.05, 3.63) is 71.4 Å². The summed E-state index contributed by atoms with van der Waals surface area (Å²) in [5.41, 5.74) is 7.29. The van der Waals surface area contributed by atoms with Crippen molar-refractivity contribution in [2.24, 2.45) is 5.73 Å². The van der Waals surface area contributed by atoms with Crippen LogP contribution in [-0.2, 0) is 6.54 Å². The van der Waals surface area contributed by atoms with Gasteiger partial charge >= 0.3 is 0 Å². The second-order valence-corrected chi connectivity index (χ2v) is 5.22. The molecule has 0 saturated carbocycles. The van der Waals surface area contributed by atoms with Crippen molar-refractivity contribution in [1.29, 1.82) is 0 Å². The molecule has 21 heavy (non-hydrogen) atoms. The predicted octanol–water partition coefficient (Wildman–Crippen LogP) is 3.60. The van der Waals surface area contributed by atoms with Gasteiger partial charge in [-0.05, 0) is 36.4 Å². The van der Waals surface area contributed by atoms with Gasteiger partial charge in [0.05, 0.1) is 6.54 Å². The molecule has 0 unspecified atom stereocenters. The SMILES string of the molecule is NC(=S)c1ccc2c(ccn2Cc2c(F)cccc2F)c1. The van der Waals surface area contributed by atoms with Crippen LogP contribution in [0.25, 0.3) is 10.9 Å². The Balaban J connectivity index is 2.04. The maximum Gasteiger partial charge on any atom is 0.131 e. The molecule has 5 heteroatoms. The highest BCUT2D eigenvalue weighted by Gasteiger charge is 2.11. The Kier molecular flexibility index (Phi) is 3.43. The first-order chi connectivity index (χ1) is 10.1. The standard InChI is InChI=1S/C16H12F2N2S/c17-13-2-1-3-14(18)12(13)9-20-7-6-10-8-11(16(19)21)4-5-15(10)20/h1-8H,9H2,(H2,19,21). The molecule has 0 aliphatic rings. The van der Waals surface area contributed by atoms with E-state index in [4.69, 9.17) is 18.0 Å². The molecular weight excluding hydrogens is 290 g/mol. The molecule has 0 saturated heterocycles. The van der Waals surface area contributed by atoms with E-state index in [1.807, 2.05) is 18.2 Å². The third-order valence-corrected chi connectivity index (χ3v) is 3.68. The van der Waals surface area contributed by atoms with E-state index in [9.17, 15) is 8.78 Å². The summed E-state index contributed by atoms with van der Waals surface area (Å²) in [6, 6.07) is 11.3. The number of fused-ring (bicyclic) bond motifs is 1. The Labute approximate surface area is 125 Å². The summed E-state index contributed by atoms with van der Waals surface area (Å²) in [4.78, 5) is 0.324. The van der Waals surface area contributed by atoms with Crippen molar-refractivity contribution < 1.29 is 8.78 Å². The minimum atomic E-state index is -0.545. The molecule has 1 aromatic heterocycles. The Morgan fingerprint density at radius 3 is 2.48 bits per heavy atom. The summed E-state index contributed by atoms with van der Waals surface area (Å²) in [7, 11) is 0. The molecule has 0 bridgehead atoms. The van der Waals surface area contributed by atoms with Gasteiger partial charge in [0, 0.05) is 28.2 Å². The van der Waals surface area contributed by atoms with Gasteiger partial charge in [-0.3, -0.25) is 0 Å². The van der Waals surface area contributed by atoms with Crippen LogP contribution < -0.4 is 5.73 Å². The Hall–Kier alpha value is -2.27. The largest absolute Gasteiger partial charge is 0.389 e. The van der Waals surface area contributed by atoms with Gasteiger partial charge < -0.3 is 10.3 Å². The van der Waals surface area contributed by atoms with Crippen LogP contribution in [0, 0.1) is 11.6 Å². The van der Waals surface area contributed by atoms with Crippen molar-refractivity contribution in [2.75, 3.05) is 0 Å². The molecule has 0 fully saturated rings. The van der Waals surface area contributed by atoms with E-state index in [2.05, 4.69) is 0 Å². The molecule has 0 aliphatic carbocycles. The van der Waals surface area contributed by atoms with Gasteiger partial charge in [-0.15, -0.1) is 0 Å². The zero-order valence-electron chi connectivity index (χ0n) is 11.0. The van der Waals surface area contributed by atoms with Crippen LogP contribution >= 0.6 is 12.2 Å². The lowest BCUT2D eigenvalue weighted by Crippen LogP contribution is -2.09. The average molecular weight is 302 g/mol. The third-order valence-electron chi connectivity index (χ3n) is 3.45. The van der Waals surface area contributed by atoms with Gasteiger partial charge in [0.1, 0.15) is 16.6 Å². The first kappa shape index (κ1) is 13.7. The lowest BCUT2D eigenvalue weighted by Gasteiger charge is -2.08. The zero-order valence-corrected chi connectivity index (χ0v) is 11.8. The molecule has 0 amide bonds. The van der Waals surface area contributed by atoms with E-state index in [1.54, 1.807) is 16.8 Å². The van der Waals surface area contributed by atoms with Crippen LogP contribution in [0.15, 0.2) is 48.7 Å².